The van der Waals surface area contributed by atoms with Crippen LogP contribution in [0.25, 0.3) is 0 Å². The summed E-state index contributed by atoms with van der Waals surface area (Å²) >= 11 is 0. The first kappa shape index (κ1) is 23.4. The molecule has 1 rings (SSSR count). The number of aliphatic hydroxyl groups is 4. The van der Waals surface area contributed by atoms with Crippen molar-refractivity contribution in [3.63, 3.8) is 0 Å². The summed E-state index contributed by atoms with van der Waals surface area (Å²) in [6.07, 6.45) is -8.25. The van der Waals surface area contributed by atoms with Crippen LogP contribution in [-0.4, -0.2) is 170 Å². The molecule has 0 aromatic carbocycles. The smallest absolute Gasteiger partial charge is 0.394 e. The van der Waals surface area contributed by atoms with Gasteiger partial charge in [0.2, 0.25) is 0 Å². The van der Waals surface area contributed by atoms with Crippen LogP contribution in [0.1, 0.15) is 0 Å². The average Bonchev–Trinajstić information content (AvgIpc) is 2.17. The minimum absolute atomic E-state index is 0. The average molecular weight is 339 g/mol. The molecular formula is C6H13K2O9P. The molecule has 0 aromatic heterocycles. The van der Waals surface area contributed by atoms with Gasteiger partial charge >= 0.3 is 7.82 Å². The van der Waals surface area contributed by atoms with Crippen molar-refractivity contribution < 1.29 is 44.0 Å². The minimum Gasteiger partial charge on any atom is -0.394 e. The molecule has 6 N–H and O–H groups in total. The second-order valence-electron chi connectivity index (χ2n) is 3.29. The fourth-order valence-corrected chi connectivity index (χ4v) is 1.73. The number of phosphoric acid groups is 1. The molecule has 1 aliphatic rings. The third-order valence-corrected chi connectivity index (χ3v) is 2.57. The zero-order chi connectivity index (χ0) is 12.5. The molecule has 0 bridgehead atoms. The van der Waals surface area contributed by atoms with Gasteiger partial charge in [-0.3, -0.25) is 4.52 Å². The summed E-state index contributed by atoms with van der Waals surface area (Å²) in [6.45, 7) is -0.702. The number of ether oxygens (including phenoxy) is 1. The van der Waals surface area contributed by atoms with Crippen LogP contribution in [0, 0.1) is 0 Å². The minimum atomic E-state index is -4.91. The van der Waals surface area contributed by atoms with Gasteiger partial charge in [0.05, 0.1) is 6.61 Å². The molecule has 98 valence electrons. The summed E-state index contributed by atoms with van der Waals surface area (Å²) in [5.74, 6) is 0. The van der Waals surface area contributed by atoms with Crippen molar-refractivity contribution in [2.75, 3.05) is 6.61 Å². The first-order chi connectivity index (χ1) is 7.26. The predicted octanol–water partition coefficient (Wildman–Crippen LogP) is -3.87. The molecule has 0 amide bonds. The van der Waals surface area contributed by atoms with Crippen LogP contribution in [0.3, 0.4) is 0 Å². The maximum Gasteiger partial charge on any atom is 0.472 e. The molecule has 9 nitrogen and oxygen atoms in total. The van der Waals surface area contributed by atoms with Gasteiger partial charge in [0, 0.05) is 103 Å². The summed E-state index contributed by atoms with van der Waals surface area (Å²) in [7, 11) is -4.91. The van der Waals surface area contributed by atoms with Crippen molar-refractivity contribution in [2.45, 2.75) is 30.7 Å². The Balaban J connectivity index is 0. The fraction of sp³-hybridized carbons (Fsp3) is 1.00. The van der Waals surface area contributed by atoms with Gasteiger partial charge in [0.25, 0.3) is 0 Å². The molecule has 18 heavy (non-hydrogen) atoms. The summed E-state index contributed by atoms with van der Waals surface area (Å²) in [5.41, 5.74) is 0. The molecule has 1 heterocycles. The third kappa shape index (κ3) is 6.96. The van der Waals surface area contributed by atoms with Crippen LogP contribution in [0.5, 0.6) is 0 Å². The molecule has 1 saturated heterocycles. The summed E-state index contributed by atoms with van der Waals surface area (Å²) in [5, 5.41) is 36.6. The van der Waals surface area contributed by atoms with E-state index in [4.69, 9.17) is 14.9 Å². The molecular weight excluding hydrogens is 326 g/mol. The zero-order valence-corrected chi connectivity index (χ0v) is 17.1. The van der Waals surface area contributed by atoms with E-state index in [0.29, 0.717) is 0 Å². The molecule has 2 radical (unpaired) electrons. The largest absolute Gasteiger partial charge is 0.472 e. The van der Waals surface area contributed by atoms with Crippen molar-refractivity contribution in [1.29, 1.82) is 0 Å². The Morgan fingerprint density at radius 2 is 1.56 bits per heavy atom. The van der Waals surface area contributed by atoms with E-state index in [1.807, 2.05) is 0 Å². The number of rotatable bonds is 3. The standard InChI is InChI=1S/C6H13O9P.2K/c7-1-2-3(8)4(9)5(10)6(14-2)15-16(11,12)13;;/h2-10H,1H2,(H2,11,12,13);;/t2-,3+,4+,5-,6-;;/m1../s1/i5+1;;. The monoisotopic (exact) mass is 339 g/mol. The molecule has 1 fully saturated rings. The number of aliphatic hydroxyl groups excluding tert-OH is 4. The zero-order valence-electron chi connectivity index (χ0n) is 9.95. The van der Waals surface area contributed by atoms with Crippen molar-refractivity contribution in [1.82, 2.24) is 0 Å². The first-order valence-electron chi connectivity index (χ1n) is 4.30. The quantitative estimate of drug-likeness (QED) is 0.172. The van der Waals surface area contributed by atoms with Gasteiger partial charge in [-0.2, -0.15) is 0 Å². The van der Waals surface area contributed by atoms with Crippen molar-refractivity contribution in [3.05, 3.63) is 0 Å². The topological polar surface area (TPSA) is 157 Å². The van der Waals surface area contributed by atoms with E-state index in [1.165, 1.54) is 0 Å². The van der Waals surface area contributed by atoms with Crippen LogP contribution >= 0.6 is 7.82 Å². The summed E-state index contributed by atoms with van der Waals surface area (Å²) < 4.78 is 19.2. The van der Waals surface area contributed by atoms with Crippen LogP contribution in [0.2, 0.25) is 0 Å². The molecule has 0 unspecified atom stereocenters. The van der Waals surface area contributed by atoms with Crippen molar-refractivity contribution in [3.8, 4) is 0 Å². The molecule has 1 aliphatic heterocycles. The van der Waals surface area contributed by atoms with E-state index in [0.717, 1.165) is 0 Å². The van der Waals surface area contributed by atoms with Gasteiger partial charge in [0.1, 0.15) is 24.4 Å². The predicted molar refractivity (Wildman–Crippen MR) is 58.4 cm³/mol. The van der Waals surface area contributed by atoms with Gasteiger partial charge in [-0.25, -0.2) is 4.57 Å². The normalized spacial score (nSPS) is 36.4. The van der Waals surface area contributed by atoms with E-state index >= 15 is 0 Å². The van der Waals surface area contributed by atoms with Gasteiger partial charge < -0.3 is 34.9 Å². The Morgan fingerprint density at radius 3 is 1.94 bits per heavy atom. The second-order valence-corrected chi connectivity index (χ2v) is 4.49. The SMILES string of the molecule is O=P(O)(O)O[C@H]1O[C@H](CO)[C@H](O)[C@H](O)[13C@H]1O.[K].[K]. The molecule has 12 heteroatoms. The number of phosphoric ester groups is 1. The molecule has 5 atom stereocenters. The number of hydrogen-bond donors (Lipinski definition) is 6. The van der Waals surface area contributed by atoms with Gasteiger partial charge in [-0.1, -0.05) is 0 Å². The summed E-state index contributed by atoms with van der Waals surface area (Å²) in [6, 6.07) is 0. The maximum atomic E-state index is 10.5. The first-order valence-corrected chi connectivity index (χ1v) is 5.83. The van der Waals surface area contributed by atoms with E-state index in [9.17, 15) is 19.9 Å². The summed E-state index contributed by atoms with van der Waals surface area (Å²) in [4.78, 5) is 17.0. The maximum absolute atomic E-state index is 10.5. The Kier molecular flexibility index (Phi) is 13.1. The van der Waals surface area contributed by atoms with Crippen molar-refractivity contribution in [2.24, 2.45) is 0 Å². The van der Waals surface area contributed by atoms with Crippen LogP contribution < -0.4 is 0 Å². The van der Waals surface area contributed by atoms with Gasteiger partial charge in [-0.15, -0.1) is 0 Å². The third-order valence-electron chi connectivity index (χ3n) is 2.09. The molecule has 0 saturated carbocycles. The van der Waals surface area contributed by atoms with E-state index < -0.39 is 45.1 Å². The van der Waals surface area contributed by atoms with Crippen LogP contribution in [0.15, 0.2) is 0 Å². The van der Waals surface area contributed by atoms with Crippen LogP contribution in [0.4, 0.5) is 0 Å². The Bertz CT molecular complexity index is 284. The molecule has 0 spiro atoms. The van der Waals surface area contributed by atoms with E-state index in [1.54, 1.807) is 0 Å². The second kappa shape index (κ2) is 10.1. The number of hydrogen-bond acceptors (Lipinski definition) is 7. The molecule has 0 aliphatic carbocycles. The Morgan fingerprint density at radius 1 is 1.06 bits per heavy atom. The Labute approximate surface area is 188 Å². The van der Waals surface area contributed by atoms with E-state index in [-0.39, 0.29) is 103 Å². The van der Waals surface area contributed by atoms with E-state index in [2.05, 4.69) is 9.26 Å². The van der Waals surface area contributed by atoms with Gasteiger partial charge in [0.15, 0.2) is 6.29 Å². The molecule has 0 aromatic rings. The van der Waals surface area contributed by atoms with Gasteiger partial charge in [-0.05, 0) is 0 Å². The van der Waals surface area contributed by atoms with Crippen LogP contribution in [-0.2, 0) is 13.8 Å². The fourth-order valence-electron chi connectivity index (χ4n) is 1.29. The Hall–Kier alpha value is 3.18. The van der Waals surface area contributed by atoms with Crippen molar-refractivity contribution >= 4 is 111 Å².